The highest BCUT2D eigenvalue weighted by Crippen LogP contribution is 2.32. The first-order chi connectivity index (χ1) is 19.4. The fraction of sp³-hybridized carbons (Fsp3) is 0.345. The number of benzene rings is 1. The van der Waals surface area contributed by atoms with Gasteiger partial charge in [0.1, 0.15) is 5.58 Å². The fourth-order valence-corrected chi connectivity index (χ4v) is 6.74. The van der Waals surface area contributed by atoms with Crippen LogP contribution in [-0.4, -0.2) is 40.6 Å². The summed E-state index contributed by atoms with van der Waals surface area (Å²) < 4.78 is 74.1. The standard InChI is InChI=1S/C29H28F3N3O5S/c1-18(2)34-17-22(19-5-8-23(9-6-19)29(30,31)32)14-20(28(34)37)7-10-25(36)24-4-3-13-35(24)41(38,39)27-15-21-16-33-12-11-26(21)40-27/h5-6,8-9,11-12,14-18,24H,3-4,7,10,13H2,1-2H3/t24-/m0/s1. The van der Waals surface area contributed by atoms with Crippen LogP contribution in [0.1, 0.15) is 50.3 Å². The monoisotopic (exact) mass is 587 g/mol. The van der Waals surface area contributed by atoms with Crippen molar-refractivity contribution < 1.29 is 30.8 Å². The Morgan fingerprint density at radius 2 is 1.85 bits per heavy atom. The molecule has 3 aromatic heterocycles. The lowest BCUT2D eigenvalue weighted by Crippen LogP contribution is -2.40. The van der Waals surface area contributed by atoms with Crippen molar-refractivity contribution in [2.24, 2.45) is 0 Å². The minimum Gasteiger partial charge on any atom is -0.443 e. The van der Waals surface area contributed by atoms with Gasteiger partial charge in [0.15, 0.2) is 5.78 Å². The summed E-state index contributed by atoms with van der Waals surface area (Å²) in [6, 6.07) is 8.06. The van der Waals surface area contributed by atoms with Crippen LogP contribution in [0.3, 0.4) is 0 Å². The molecule has 8 nitrogen and oxygen atoms in total. The topological polar surface area (TPSA) is 102 Å². The molecule has 4 aromatic rings. The number of fused-ring (bicyclic) bond motifs is 1. The summed E-state index contributed by atoms with van der Waals surface area (Å²) in [7, 11) is -4.09. The summed E-state index contributed by atoms with van der Waals surface area (Å²) >= 11 is 0. The van der Waals surface area contributed by atoms with Crippen molar-refractivity contribution in [3.8, 4) is 11.1 Å². The molecular weight excluding hydrogens is 559 g/mol. The van der Waals surface area contributed by atoms with Crippen LogP contribution < -0.4 is 5.56 Å². The van der Waals surface area contributed by atoms with E-state index in [2.05, 4.69) is 4.98 Å². The maximum atomic E-state index is 13.4. The number of pyridine rings is 2. The van der Waals surface area contributed by atoms with Crippen LogP contribution in [0.5, 0.6) is 0 Å². The first-order valence-corrected chi connectivity index (χ1v) is 14.6. The Labute approximate surface area is 234 Å². The molecule has 0 amide bonds. The molecule has 1 aromatic carbocycles. The number of hydrogen-bond acceptors (Lipinski definition) is 6. The Morgan fingerprint density at radius 1 is 1.12 bits per heavy atom. The molecule has 41 heavy (non-hydrogen) atoms. The SMILES string of the molecule is CC(C)n1cc(-c2ccc(C(F)(F)F)cc2)cc(CCC(=O)[C@@H]2CCCN2S(=O)(=O)c2cc3cnccc3o2)c1=O. The highest BCUT2D eigenvalue weighted by molar-refractivity contribution is 7.89. The number of hydrogen-bond donors (Lipinski definition) is 0. The molecule has 0 radical (unpaired) electrons. The Balaban J connectivity index is 1.38. The largest absolute Gasteiger partial charge is 0.443 e. The molecule has 5 rings (SSSR count). The Morgan fingerprint density at radius 3 is 2.51 bits per heavy atom. The third kappa shape index (κ3) is 5.71. The number of furan rings is 1. The van der Waals surface area contributed by atoms with E-state index in [1.807, 2.05) is 13.8 Å². The lowest BCUT2D eigenvalue weighted by Gasteiger charge is -2.22. The minimum atomic E-state index is -4.47. The third-order valence-electron chi connectivity index (χ3n) is 7.29. The van der Waals surface area contributed by atoms with Crippen LogP contribution >= 0.6 is 0 Å². The predicted molar refractivity (Wildman–Crippen MR) is 146 cm³/mol. The number of carbonyl (C=O) groups is 1. The molecule has 0 saturated carbocycles. The summed E-state index contributed by atoms with van der Waals surface area (Å²) in [6.07, 6.45) is 0.934. The van der Waals surface area contributed by atoms with Gasteiger partial charge in [-0.3, -0.25) is 14.6 Å². The second-order valence-corrected chi connectivity index (χ2v) is 12.2. The van der Waals surface area contributed by atoms with E-state index < -0.39 is 27.8 Å². The van der Waals surface area contributed by atoms with E-state index in [4.69, 9.17) is 4.42 Å². The molecule has 0 spiro atoms. The van der Waals surface area contributed by atoms with Crippen molar-refractivity contribution in [3.05, 3.63) is 82.5 Å². The molecule has 1 saturated heterocycles. The average molecular weight is 588 g/mol. The molecule has 0 aliphatic carbocycles. The number of sulfonamides is 1. The fourth-order valence-electron chi connectivity index (χ4n) is 5.11. The first kappa shape index (κ1) is 28.7. The van der Waals surface area contributed by atoms with Gasteiger partial charge in [-0.15, -0.1) is 0 Å². The zero-order valence-corrected chi connectivity index (χ0v) is 23.2. The van der Waals surface area contributed by atoms with Crippen molar-refractivity contribution in [2.45, 2.75) is 62.9 Å². The molecule has 0 N–H and O–H groups in total. The zero-order chi connectivity index (χ0) is 29.5. The maximum absolute atomic E-state index is 13.4. The lowest BCUT2D eigenvalue weighted by atomic mass is 9.99. The zero-order valence-electron chi connectivity index (χ0n) is 22.4. The smallest absolute Gasteiger partial charge is 0.416 e. The number of aryl methyl sites for hydroxylation is 1. The summed E-state index contributed by atoms with van der Waals surface area (Å²) in [5.74, 6) is -0.320. The van der Waals surface area contributed by atoms with Gasteiger partial charge in [0.05, 0.1) is 11.6 Å². The van der Waals surface area contributed by atoms with Crippen LogP contribution in [0.2, 0.25) is 0 Å². The highest BCUT2D eigenvalue weighted by Gasteiger charge is 2.40. The van der Waals surface area contributed by atoms with Crippen LogP contribution in [-0.2, 0) is 27.4 Å². The van der Waals surface area contributed by atoms with E-state index >= 15 is 0 Å². The van der Waals surface area contributed by atoms with Gasteiger partial charge < -0.3 is 8.98 Å². The molecule has 4 heterocycles. The average Bonchev–Trinajstić information content (AvgIpc) is 3.60. The molecular formula is C29H28F3N3O5S. The molecule has 0 unspecified atom stereocenters. The Kier molecular flexibility index (Phi) is 7.64. The van der Waals surface area contributed by atoms with Gasteiger partial charge in [-0.25, -0.2) is 8.42 Å². The van der Waals surface area contributed by atoms with Gasteiger partial charge in [0, 0.05) is 54.6 Å². The molecule has 1 fully saturated rings. The number of ketones is 1. The molecule has 1 aliphatic heterocycles. The maximum Gasteiger partial charge on any atom is 0.416 e. The Bertz CT molecular complexity index is 1730. The van der Waals surface area contributed by atoms with Gasteiger partial charge in [-0.1, -0.05) is 12.1 Å². The molecule has 1 atom stereocenters. The third-order valence-corrected chi connectivity index (χ3v) is 9.06. The highest BCUT2D eigenvalue weighted by atomic mass is 32.2. The summed E-state index contributed by atoms with van der Waals surface area (Å²) in [6.45, 7) is 3.78. The number of rotatable bonds is 8. The Hall–Kier alpha value is -3.77. The van der Waals surface area contributed by atoms with Gasteiger partial charge in [0.25, 0.3) is 15.6 Å². The van der Waals surface area contributed by atoms with Crippen LogP contribution in [0.4, 0.5) is 13.2 Å². The van der Waals surface area contributed by atoms with Crippen molar-refractivity contribution in [3.63, 3.8) is 0 Å². The van der Waals surface area contributed by atoms with E-state index in [9.17, 15) is 31.2 Å². The van der Waals surface area contributed by atoms with E-state index in [-0.39, 0.29) is 41.9 Å². The van der Waals surface area contributed by atoms with Gasteiger partial charge in [0.2, 0.25) is 5.09 Å². The minimum absolute atomic E-state index is 0.0551. The van der Waals surface area contributed by atoms with Crippen LogP contribution in [0.15, 0.2) is 75.4 Å². The number of carbonyl (C=O) groups excluding carboxylic acids is 1. The van der Waals surface area contributed by atoms with E-state index in [1.54, 1.807) is 18.3 Å². The number of Topliss-reactive ketones (excluding diaryl/α,β-unsaturated/α-hetero) is 1. The molecule has 216 valence electrons. The number of alkyl halides is 3. The van der Waals surface area contributed by atoms with Crippen molar-refractivity contribution >= 4 is 26.8 Å². The van der Waals surface area contributed by atoms with Crippen LogP contribution in [0.25, 0.3) is 22.1 Å². The van der Waals surface area contributed by atoms with Crippen molar-refractivity contribution in [2.75, 3.05) is 6.54 Å². The van der Waals surface area contributed by atoms with Gasteiger partial charge >= 0.3 is 6.18 Å². The summed E-state index contributed by atoms with van der Waals surface area (Å²) in [5.41, 5.74) is 0.638. The van der Waals surface area contributed by atoms with Gasteiger partial charge in [-0.2, -0.15) is 17.5 Å². The predicted octanol–water partition coefficient (Wildman–Crippen LogP) is 5.61. The first-order valence-electron chi connectivity index (χ1n) is 13.2. The van der Waals surface area contributed by atoms with E-state index in [1.165, 1.54) is 35.2 Å². The number of halogens is 3. The number of aromatic nitrogens is 2. The summed E-state index contributed by atoms with van der Waals surface area (Å²) in [5, 5.41) is 0.270. The molecule has 0 bridgehead atoms. The second-order valence-electron chi connectivity index (χ2n) is 10.4. The normalized spacial score (nSPS) is 16.6. The molecule has 12 heteroatoms. The molecule has 1 aliphatic rings. The lowest BCUT2D eigenvalue weighted by molar-refractivity contribution is -0.137. The van der Waals surface area contributed by atoms with E-state index in [0.29, 0.717) is 40.5 Å². The summed E-state index contributed by atoms with van der Waals surface area (Å²) in [4.78, 5) is 30.5. The van der Waals surface area contributed by atoms with Crippen molar-refractivity contribution in [1.29, 1.82) is 0 Å². The van der Waals surface area contributed by atoms with E-state index in [0.717, 1.165) is 16.4 Å². The second kappa shape index (κ2) is 10.9. The van der Waals surface area contributed by atoms with Gasteiger partial charge in [-0.05, 0) is 68.5 Å². The van der Waals surface area contributed by atoms with Crippen LogP contribution in [0, 0.1) is 0 Å². The number of nitrogens with zero attached hydrogens (tertiary/aromatic N) is 3. The van der Waals surface area contributed by atoms with Crippen molar-refractivity contribution in [1.82, 2.24) is 13.9 Å². The quantitative estimate of drug-likeness (QED) is 0.266.